The van der Waals surface area contributed by atoms with Crippen molar-refractivity contribution >= 4 is 15.9 Å². The number of hydrogen-bond acceptors (Lipinski definition) is 2. The quantitative estimate of drug-likeness (QED) is 0.911. The summed E-state index contributed by atoms with van der Waals surface area (Å²) in [5.41, 5.74) is -0.366. The Labute approximate surface area is 88.6 Å². The molecule has 1 aromatic carbocycles. The van der Waals surface area contributed by atoms with Crippen LogP contribution < -0.4 is 0 Å². The molecule has 0 aromatic heterocycles. The molecule has 0 amide bonds. The molecular formula is C9H9BrF2O2. The van der Waals surface area contributed by atoms with E-state index < -0.39 is 17.7 Å². The normalized spacial score (nSPS) is 12.9. The van der Waals surface area contributed by atoms with Gasteiger partial charge in [-0.25, -0.2) is 8.78 Å². The largest absolute Gasteiger partial charge is 0.386 e. The minimum Gasteiger partial charge on any atom is -0.386 e. The number of aliphatic hydroxyl groups is 1. The van der Waals surface area contributed by atoms with Crippen molar-refractivity contribution in [2.24, 2.45) is 0 Å². The summed E-state index contributed by atoms with van der Waals surface area (Å²) in [4.78, 5) is 0. The van der Waals surface area contributed by atoms with E-state index in [1.54, 1.807) is 0 Å². The van der Waals surface area contributed by atoms with Gasteiger partial charge in [-0.05, 0) is 12.1 Å². The van der Waals surface area contributed by atoms with Crippen LogP contribution in [-0.2, 0) is 4.74 Å². The molecule has 0 aliphatic rings. The van der Waals surface area contributed by atoms with Crippen molar-refractivity contribution in [3.05, 3.63) is 33.8 Å². The summed E-state index contributed by atoms with van der Waals surface area (Å²) < 4.78 is 31.3. The number of hydrogen-bond donors (Lipinski definition) is 1. The topological polar surface area (TPSA) is 29.5 Å². The second-order valence-electron chi connectivity index (χ2n) is 2.75. The van der Waals surface area contributed by atoms with E-state index >= 15 is 0 Å². The van der Waals surface area contributed by atoms with Gasteiger partial charge in [0, 0.05) is 11.6 Å². The van der Waals surface area contributed by atoms with Gasteiger partial charge in [-0.3, -0.25) is 0 Å². The van der Waals surface area contributed by atoms with Gasteiger partial charge in [-0.1, -0.05) is 15.9 Å². The van der Waals surface area contributed by atoms with E-state index in [1.807, 2.05) is 0 Å². The molecule has 1 aromatic rings. The van der Waals surface area contributed by atoms with E-state index in [-0.39, 0.29) is 12.2 Å². The molecular weight excluding hydrogens is 258 g/mol. The smallest absolute Gasteiger partial charge is 0.133 e. The zero-order chi connectivity index (χ0) is 10.7. The molecule has 0 heterocycles. The number of benzene rings is 1. The Bertz CT molecular complexity index is 308. The predicted molar refractivity (Wildman–Crippen MR) is 50.9 cm³/mol. The first-order valence-electron chi connectivity index (χ1n) is 3.87. The third-order valence-corrected chi connectivity index (χ3v) is 2.16. The highest BCUT2D eigenvalue weighted by Crippen LogP contribution is 2.24. The molecule has 0 spiro atoms. The van der Waals surface area contributed by atoms with Crippen molar-refractivity contribution in [1.82, 2.24) is 0 Å². The van der Waals surface area contributed by atoms with Gasteiger partial charge in [0.1, 0.15) is 17.7 Å². The number of aliphatic hydroxyl groups excluding tert-OH is 1. The summed E-state index contributed by atoms with van der Waals surface area (Å²) in [7, 11) is 1.35. The number of methoxy groups -OCH3 is 1. The van der Waals surface area contributed by atoms with Crippen LogP contribution in [0.15, 0.2) is 16.6 Å². The molecule has 1 N–H and O–H groups in total. The van der Waals surface area contributed by atoms with Crippen molar-refractivity contribution in [3.8, 4) is 0 Å². The fraction of sp³-hybridized carbons (Fsp3) is 0.333. The molecule has 5 heteroatoms. The zero-order valence-electron chi connectivity index (χ0n) is 7.43. The Morgan fingerprint density at radius 3 is 2.36 bits per heavy atom. The maximum absolute atomic E-state index is 13.2. The first-order valence-corrected chi connectivity index (χ1v) is 4.67. The van der Waals surface area contributed by atoms with Crippen LogP contribution in [0, 0.1) is 11.6 Å². The van der Waals surface area contributed by atoms with Crippen LogP contribution in [0.5, 0.6) is 0 Å². The van der Waals surface area contributed by atoms with E-state index in [9.17, 15) is 13.9 Å². The third-order valence-electron chi connectivity index (χ3n) is 1.70. The Morgan fingerprint density at radius 1 is 1.43 bits per heavy atom. The molecule has 0 saturated heterocycles. The van der Waals surface area contributed by atoms with Gasteiger partial charge >= 0.3 is 0 Å². The van der Waals surface area contributed by atoms with Gasteiger partial charge in [0.25, 0.3) is 0 Å². The molecule has 2 nitrogen and oxygen atoms in total. The minimum absolute atomic E-state index is 0.143. The molecule has 1 atom stereocenters. The van der Waals surface area contributed by atoms with E-state index in [2.05, 4.69) is 20.7 Å². The van der Waals surface area contributed by atoms with E-state index in [4.69, 9.17) is 0 Å². The number of rotatable bonds is 3. The Morgan fingerprint density at radius 2 is 1.93 bits per heavy atom. The van der Waals surface area contributed by atoms with Crippen molar-refractivity contribution < 1.29 is 18.6 Å². The van der Waals surface area contributed by atoms with Crippen molar-refractivity contribution in [3.63, 3.8) is 0 Å². The second-order valence-corrected chi connectivity index (χ2v) is 3.67. The van der Waals surface area contributed by atoms with Gasteiger partial charge < -0.3 is 9.84 Å². The molecule has 0 aliphatic heterocycles. The fourth-order valence-corrected chi connectivity index (χ4v) is 1.51. The summed E-state index contributed by atoms with van der Waals surface area (Å²) in [6.45, 7) is -0.143. The second kappa shape index (κ2) is 4.82. The molecule has 0 bridgehead atoms. The minimum atomic E-state index is -1.28. The van der Waals surface area contributed by atoms with Crippen molar-refractivity contribution in [1.29, 1.82) is 0 Å². The summed E-state index contributed by atoms with van der Waals surface area (Å²) >= 11 is 2.94. The highest BCUT2D eigenvalue weighted by Gasteiger charge is 2.18. The van der Waals surface area contributed by atoms with E-state index in [0.29, 0.717) is 4.47 Å². The molecule has 0 aliphatic carbocycles. The standard InChI is InChI=1S/C9H9BrF2O2/c1-14-4-8(13)9-6(11)2-5(10)3-7(9)12/h2-3,8,13H,4H2,1H3. The molecule has 14 heavy (non-hydrogen) atoms. The van der Waals surface area contributed by atoms with Crippen molar-refractivity contribution in [2.45, 2.75) is 6.10 Å². The molecule has 78 valence electrons. The van der Waals surface area contributed by atoms with Crippen LogP contribution in [0.2, 0.25) is 0 Å². The molecule has 1 rings (SSSR count). The number of halogens is 3. The lowest BCUT2D eigenvalue weighted by molar-refractivity contribution is 0.0596. The molecule has 0 fully saturated rings. The van der Waals surface area contributed by atoms with Gasteiger partial charge in [0.05, 0.1) is 12.2 Å². The van der Waals surface area contributed by atoms with Crippen LogP contribution in [0.25, 0.3) is 0 Å². The van der Waals surface area contributed by atoms with Crippen LogP contribution in [0.3, 0.4) is 0 Å². The van der Waals surface area contributed by atoms with Gasteiger partial charge in [0.2, 0.25) is 0 Å². The highest BCUT2D eigenvalue weighted by atomic mass is 79.9. The number of ether oxygens (including phenoxy) is 1. The van der Waals surface area contributed by atoms with Crippen molar-refractivity contribution in [2.75, 3.05) is 13.7 Å². The monoisotopic (exact) mass is 266 g/mol. The Kier molecular flexibility index (Phi) is 3.97. The lowest BCUT2D eigenvalue weighted by Crippen LogP contribution is -2.09. The van der Waals surface area contributed by atoms with Crippen LogP contribution in [0.1, 0.15) is 11.7 Å². The molecule has 1 unspecified atom stereocenters. The average Bonchev–Trinajstić information content (AvgIpc) is 2.01. The first-order chi connectivity index (χ1) is 6.56. The van der Waals surface area contributed by atoms with Gasteiger partial charge in [-0.2, -0.15) is 0 Å². The van der Waals surface area contributed by atoms with Gasteiger partial charge in [0.15, 0.2) is 0 Å². The highest BCUT2D eigenvalue weighted by molar-refractivity contribution is 9.10. The first kappa shape index (κ1) is 11.6. The summed E-state index contributed by atoms with van der Waals surface area (Å²) in [5.74, 6) is -1.58. The maximum atomic E-state index is 13.2. The summed E-state index contributed by atoms with van der Waals surface area (Å²) in [5, 5.41) is 9.35. The molecule has 0 saturated carbocycles. The lowest BCUT2D eigenvalue weighted by Gasteiger charge is -2.11. The fourth-order valence-electron chi connectivity index (χ4n) is 1.11. The SMILES string of the molecule is COCC(O)c1c(F)cc(Br)cc1F. The van der Waals surface area contributed by atoms with Crippen LogP contribution in [-0.4, -0.2) is 18.8 Å². The van der Waals surface area contributed by atoms with Crippen LogP contribution >= 0.6 is 15.9 Å². The van der Waals surface area contributed by atoms with Crippen LogP contribution in [0.4, 0.5) is 8.78 Å². The Balaban J connectivity index is 3.07. The maximum Gasteiger partial charge on any atom is 0.133 e. The van der Waals surface area contributed by atoms with E-state index in [0.717, 1.165) is 12.1 Å². The zero-order valence-corrected chi connectivity index (χ0v) is 9.01. The average molecular weight is 267 g/mol. The Hall–Kier alpha value is -0.520. The molecule has 0 radical (unpaired) electrons. The lowest BCUT2D eigenvalue weighted by atomic mass is 10.1. The predicted octanol–water partition coefficient (Wildman–Crippen LogP) is 2.41. The summed E-state index contributed by atoms with van der Waals surface area (Å²) in [6.07, 6.45) is -1.28. The van der Waals surface area contributed by atoms with Gasteiger partial charge in [-0.15, -0.1) is 0 Å². The summed E-state index contributed by atoms with van der Waals surface area (Å²) in [6, 6.07) is 2.19. The third kappa shape index (κ3) is 2.50. The van der Waals surface area contributed by atoms with E-state index in [1.165, 1.54) is 7.11 Å².